The third-order valence-electron chi connectivity index (χ3n) is 2.35. The van der Waals surface area contributed by atoms with Crippen LogP contribution in [-0.4, -0.2) is 23.0 Å². The summed E-state index contributed by atoms with van der Waals surface area (Å²) in [6.07, 6.45) is 4.16. The molecule has 1 amide bonds. The Bertz CT molecular complexity index is 517. The molecule has 0 aliphatic rings. The second-order valence-corrected chi connectivity index (χ2v) is 3.74. The van der Waals surface area contributed by atoms with Crippen LogP contribution in [0.25, 0.3) is 0 Å². The van der Waals surface area contributed by atoms with E-state index in [2.05, 4.69) is 11.2 Å². The van der Waals surface area contributed by atoms with Crippen molar-refractivity contribution in [3.63, 3.8) is 0 Å². The summed E-state index contributed by atoms with van der Waals surface area (Å²) in [6, 6.07) is 1.93. The van der Waals surface area contributed by atoms with Gasteiger partial charge in [0.2, 0.25) is 5.91 Å². The summed E-state index contributed by atoms with van der Waals surface area (Å²) in [5.74, 6) is -1.75. The van der Waals surface area contributed by atoms with Crippen LogP contribution in [-0.2, 0) is 16.0 Å². The number of halogens is 2. The predicted molar refractivity (Wildman–Crippen MR) is 63.1 cm³/mol. The molecule has 1 aromatic carbocycles. The number of hydrogen-bond acceptors (Lipinski definition) is 2. The lowest BCUT2D eigenvalue weighted by molar-refractivity contribution is -0.141. The van der Waals surface area contributed by atoms with Crippen LogP contribution in [0.15, 0.2) is 18.2 Å². The summed E-state index contributed by atoms with van der Waals surface area (Å²) >= 11 is 0. The Labute approximate surface area is 108 Å². The molecule has 0 aromatic heterocycles. The van der Waals surface area contributed by atoms with Gasteiger partial charge in [0.05, 0.1) is 6.42 Å². The van der Waals surface area contributed by atoms with Crippen molar-refractivity contribution in [1.29, 1.82) is 0 Å². The molecule has 0 radical (unpaired) electrons. The van der Waals surface area contributed by atoms with Crippen molar-refractivity contribution < 1.29 is 23.5 Å². The number of carbonyl (C=O) groups excluding carboxylic acids is 1. The Kier molecular flexibility index (Phi) is 5.01. The highest BCUT2D eigenvalue weighted by molar-refractivity contribution is 5.85. The number of rotatable bonds is 5. The van der Waals surface area contributed by atoms with E-state index in [4.69, 9.17) is 11.5 Å². The highest BCUT2D eigenvalue weighted by atomic mass is 19.1. The van der Waals surface area contributed by atoms with Crippen molar-refractivity contribution in [1.82, 2.24) is 5.32 Å². The number of terminal acetylenes is 1. The molecule has 100 valence electrons. The minimum absolute atomic E-state index is 0.208. The minimum atomic E-state index is -1.31. The van der Waals surface area contributed by atoms with E-state index in [1.807, 2.05) is 0 Å². The Balaban J connectivity index is 2.75. The summed E-state index contributed by atoms with van der Waals surface area (Å²) in [6.45, 7) is 0. The zero-order chi connectivity index (χ0) is 14.4. The number of amides is 1. The van der Waals surface area contributed by atoms with Gasteiger partial charge in [-0.15, -0.1) is 12.3 Å². The Hall–Kier alpha value is -2.42. The molecule has 0 spiro atoms. The number of nitrogens with one attached hydrogen (secondary N) is 1. The van der Waals surface area contributed by atoms with Crippen molar-refractivity contribution in [2.75, 3.05) is 0 Å². The monoisotopic (exact) mass is 267 g/mol. The zero-order valence-electron chi connectivity index (χ0n) is 9.82. The van der Waals surface area contributed by atoms with E-state index in [0.717, 1.165) is 12.1 Å². The van der Waals surface area contributed by atoms with Gasteiger partial charge in [-0.3, -0.25) is 4.79 Å². The SMILES string of the molecule is C#CC[C@@H](NC(=O)Cc1c(F)cccc1F)C(=O)O. The first-order valence-corrected chi connectivity index (χ1v) is 5.34. The molecule has 1 rings (SSSR count). The molecule has 0 aliphatic heterocycles. The summed E-state index contributed by atoms with van der Waals surface area (Å²) in [5.41, 5.74) is -0.412. The van der Waals surface area contributed by atoms with E-state index < -0.39 is 41.5 Å². The summed E-state index contributed by atoms with van der Waals surface area (Å²) in [5, 5.41) is 10.9. The molecule has 0 saturated carbocycles. The quantitative estimate of drug-likeness (QED) is 0.785. The van der Waals surface area contributed by atoms with E-state index in [0.29, 0.717) is 0 Å². The molecule has 0 aliphatic carbocycles. The van der Waals surface area contributed by atoms with Crippen LogP contribution in [0, 0.1) is 24.0 Å². The molecule has 19 heavy (non-hydrogen) atoms. The van der Waals surface area contributed by atoms with Gasteiger partial charge in [-0.1, -0.05) is 6.07 Å². The van der Waals surface area contributed by atoms with Crippen molar-refractivity contribution in [2.45, 2.75) is 18.9 Å². The Morgan fingerprint density at radius 3 is 2.42 bits per heavy atom. The molecule has 4 nitrogen and oxygen atoms in total. The molecule has 1 atom stereocenters. The van der Waals surface area contributed by atoms with E-state index >= 15 is 0 Å². The van der Waals surface area contributed by atoms with Crippen LogP contribution in [0.4, 0.5) is 8.78 Å². The van der Waals surface area contributed by atoms with Crippen LogP contribution in [0.2, 0.25) is 0 Å². The predicted octanol–water partition coefficient (Wildman–Crippen LogP) is 1.10. The van der Waals surface area contributed by atoms with Gasteiger partial charge < -0.3 is 10.4 Å². The third-order valence-corrected chi connectivity index (χ3v) is 2.35. The Morgan fingerprint density at radius 2 is 1.95 bits per heavy atom. The third kappa shape index (κ3) is 4.07. The number of benzene rings is 1. The fraction of sp³-hybridized carbons (Fsp3) is 0.231. The van der Waals surface area contributed by atoms with E-state index in [1.54, 1.807) is 0 Å². The minimum Gasteiger partial charge on any atom is -0.480 e. The maximum atomic E-state index is 13.3. The molecule has 0 unspecified atom stereocenters. The first kappa shape index (κ1) is 14.6. The van der Waals surface area contributed by atoms with Gasteiger partial charge in [0.15, 0.2) is 0 Å². The zero-order valence-corrected chi connectivity index (χ0v) is 9.82. The lowest BCUT2D eigenvalue weighted by atomic mass is 10.1. The largest absolute Gasteiger partial charge is 0.480 e. The second-order valence-electron chi connectivity index (χ2n) is 3.74. The average molecular weight is 267 g/mol. The lowest BCUT2D eigenvalue weighted by Crippen LogP contribution is -2.41. The highest BCUT2D eigenvalue weighted by Gasteiger charge is 2.20. The van der Waals surface area contributed by atoms with E-state index in [1.165, 1.54) is 6.07 Å². The average Bonchev–Trinajstić information content (AvgIpc) is 2.33. The van der Waals surface area contributed by atoms with Gasteiger partial charge in [-0.2, -0.15) is 0 Å². The smallest absolute Gasteiger partial charge is 0.327 e. The fourth-order valence-corrected chi connectivity index (χ4v) is 1.43. The molecule has 0 bridgehead atoms. The van der Waals surface area contributed by atoms with Crippen LogP contribution in [0.1, 0.15) is 12.0 Å². The summed E-state index contributed by atoms with van der Waals surface area (Å²) in [7, 11) is 0. The van der Waals surface area contributed by atoms with Crippen LogP contribution in [0.5, 0.6) is 0 Å². The number of hydrogen-bond donors (Lipinski definition) is 2. The molecule has 1 aromatic rings. The fourth-order valence-electron chi connectivity index (χ4n) is 1.43. The normalized spacial score (nSPS) is 11.4. The summed E-state index contributed by atoms with van der Waals surface area (Å²) < 4.78 is 26.6. The topological polar surface area (TPSA) is 66.4 Å². The van der Waals surface area contributed by atoms with Gasteiger partial charge >= 0.3 is 5.97 Å². The Morgan fingerprint density at radius 1 is 1.37 bits per heavy atom. The number of carboxylic acids is 1. The number of carboxylic acid groups (broad SMARTS) is 1. The molecule has 0 fully saturated rings. The van der Waals surface area contributed by atoms with Crippen molar-refractivity contribution in [3.8, 4) is 12.3 Å². The van der Waals surface area contributed by atoms with E-state index in [9.17, 15) is 18.4 Å². The van der Waals surface area contributed by atoms with Crippen LogP contribution >= 0.6 is 0 Å². The molecule has 2 N–H and O–H groups in total. The molecule has 0 saturated heterocycles. The number of carbonyl (C=O) groups is 2. The molecule has 0 heterocycles. The first-order valence-electron chi connectivity index (χ1n) is 5.34. The standard InChI is InChI=1S/C13H11F2NO3/c1-2-4-11(13(18)19)16-12(17)7-8-9(14)5-3-6-10(8)15/h1,3,5-6,11H,4,7H2,(H,16,17)(H,18,19)/t11-/m1/s1. The maximum Gasteiger partial charge on any atom is 0.327 e. The second kappa shape index (κ2) is 6.50. The van der Waals surface area contributed by atoms with Crippen molar-refractivity contribution in [2.24, 2.45) is 0 Å². The first-order chi connectivity index (χ1) is 8.95. The highest BCUT2D eigenvalue weighted by Crippen LogP contribution is 2.12. The molecule has 6 heteroatoms. The number of aliphatic carboxylic acids is 1. The van der Waals surface area contributed by atoms with Gasteiger partial charge in [0.25, 0.3) is 0 Å². The lowest BCUT2D eigenvalue weighted by Gasteiger charge is -2.12. The van der Waals surface area contributed by atoms with Crippen molar-refractivity contribution in [3.05, 3.63) is 35.4 Å². The van der Waals surface area contributed by atoms with Gasteiger partial charge in [0, 0.05) is 12.0 Å². The maximum absolute atomic E-state index is 13.3. The summed E-state index contributed by atoms with van der Waals surface area (Å²) in [4.78, 5) is 22.3. The van der Waals surface area contributed by atoms with Crippen molar-refractivity contribution >= 4 is 11.9 Å². The molecular formula is C13H11F2NO3. The van der Waals surface area contributed by atoms with Gasteiger partial charge in [-0.25, -0.2) is 13.6 Å². The van der Waals surface area contributed by atoms with E-state index in [-0.39, 0.29) is 6.42 Å². The van der Waals surface area contributed by atoms with Crippen LogP contribution < -0.4 is 5.32 Å². The van der Waals surface area contributed by atoms with Crippen LogP contribution in [0.3, 0.4) is 0 Å². The van der Waals surface area contributed by atoms with Gasteiger partial charge in [-0.05, 0) is 12.1 Å². The molecular weight excluding hydrogens is 256 g/mol. The van der Waals surface area contributed by atoms with Gasteiger partial charge in [0.1, 0.15) is 17.7 Å².